The van der Waals surface area contributed by atoms with Crippen LogP contribution in [-0.4, -0.2) is 32.8 Å². The highest BCUT2D eigenvalue weighted by Crippen LogP contribution is 2.17. The summed E-state index contributed by atoms with van der Waals surface area (Å²) >= 11 is 1.67. The number of nitrogens with zero attached hydrogens (tertiary/aromatic N) is 5. The third-order valence-corrected chi connectivity index (χ3v) is 4.26. The molecule has 2 aromatic heterocycles. The number of rotatable bonds is 5. The van der Waals surface area contributed by atoms with Crippen LogP contribution in [0, 0.1) is 6.92 Å². The smallest absolute Gasteiger partial charge is 0.191 e. The minimum atomic E-state index is 0.460. The van der Waals surface area contributed by atoms with Gasteiger partial charge in [-0.25, -0.2) is 4.98 Å². The van der Waals surface area contributed by atoms with Gasteiger partial charge in [-0.15, -0.1) is 21.5 Å². The second kappa shape index (κ2) is 7.35. The summed E-state index contributed by atoms with van der Waals surface area (Å²) in [6.45, 7) is 7.46. The molecular formula is C14H23N7S. The van der Waals surface area contributed by atoms with Crippen LogP contribution in [0.2, 0.25) is 0 Å². The van der Waals surface area contributed by atoms with Crippen LogP contribution >= 0.6 is 11.3 Å². The Hall–Kier alpha value is -1.96. The van der Waals surface area contributed by atoms with Crippen molar-refractivity contribution in [2.24, 2.45) is 12.0 Å². The number of nitrogens with one attached hydrogen (secondary N) is 2. The molecule has 0 aliphatic rings. The molecule has 22 heavy (non-hydrogen) atoms. The van der Waals surface area contributed by atoms with Crippen molar-refractivity contribution in [2.75, 3.05) is 7.05 Å². The predicted molar refractivity (Wildman–Crippen MR) is 89.0 cm³/mol. The fourth-order valence-corrected chi connectivity index (χ4v) is 2.71. The molecule has 0 amide bonds. The molecule has 0 bridgehead atoms. The summed E-state index contributed by atoms with van der Waals surface area (Å²) in [6, 6.07) is 0. The first-order chi connectivity index (χ1) is 10.5. The zero-order chi connectivity index (χ0) is 16.1. The van der Waals surface area contributed by atoms with Crippen molar-refractivity contribution in [3.05, 3.63) is 27.7 Å². The van der Waals surface area contributed by atoms with Gasteiger partial charge in [0.1, 0.15) is 10.8 Å². The number of aromatic nitrogens is 4. The lowest BCUT2D eigenvalue weighted by Gasteiger charge is -2.10. The first-order valence-corrected chi connectivity index (χ1v) is 8.13. The first-order valence-electron chi connectivity index (χ1n) is 7.25. The Morgan fingerprint density at radius 3 is 2.59 bits per heavy atom. The van der Waals surface area contributed by atoms with Gasteiger partial charge in [0.2, 0.25) is 0 Å². The van der Waals surface area contributed by atoms with Crippen LogP contribution in [0.1, 0.15) is 42.1 Å². The van der Waals surface area contributed by atoms with Crippen LogP contribution in [-0.2, 0) is 20.1 Å². The van der Waals surface area contributed by atoms with E-state index < -0.39 is 0 Å². The van der Waals surface area contributed by atoms with Crippen molar-refractivity contribution in [1.29, 1.82) is 0 Å². The SMILES string of the molecule is CN=C(NCc1nc(C(C)C)cs1)NCc1nnc(C)n1C. The fraction of sp³-hybridized carbons (Fsp3) is 0.571. The van der Waals surface area contributed by atoms with E-state index in [0.29, 0.717) is 19.0 Å². The number of hydrogen-bond acceptors (Lipinski definition) is 5. The largest absolute Gasteiger partial charge is 0.350 e. The maximum Gasteiger partial charge on any atom is 0.191 e. The average molecular weight is 321 g/mol. The molecule has 2 rings (SSSR count). The molecule has 2 N–H and O–H groups in total. The van der Waals surface area contributed by atoms with Crippen LogP contribution < -0.4 is 10.6 Å². The van der Waals surface area contributed by atoms with Gasteiger partial charge in [-0.05, 0) is 12.8 Å². The summed E-state index contributed by atoms with van der Waals surface area (Å²) in [5, 5.41) is 17.8. The minimum Gasteiger partial charge on any atom is -0.350 e. The molecule has 0 radical (unpaired) electrons. The lowest BCUT2D eigenvalue weighted by molar-refractivity contribution is 0.716. The number of aryl methyl sites for hydroxylation is 1. The molecule has 0 aromatic carbocycles. The van der Waals surface area contributed by atoms with Gasteiger partial charge in [0, 0.05) is 19.5 Å². The maximum absolute atomic E-state index is 4.60. The van der Waals surface area contributed by atoms with Gasteiger partial charge in [-0.2, -0.15) is 0 Å². The van der Waals surface area contributed by atoms with Crippen LogP contribution in [0.5, 0.6) is 0 Å². The quantitative estimate of drug-likeness (QED) is 0.645. The molecule has 2 aromatic rings. The second-order valence-corrected chi connectivity index (χ2v) is 6.27. The standard InChI is InChI=1S/C14H23N7S/c1-9(2)11-8-22-13(18-11)7-17-14(15-4)16-6-12-20-19-10(3)21(12)5/h8-9H,6-7H2,1-5H3,(H2,15,16,17). The van der Waals surface area contributed by atoms with E-state index in [1.807, 2.05) is 18.5 Å². The van der Waals surface area contributed by atoms with E-state index >= 15 is 0 Å². The Morgan fingerprint density at radius 1 is 1.32 bits per heavy atom. The van der Waals surface area contributed by atoms with Gasteiger partial charge in [-0.1, -0.05) is 13.8 Å². The normalized spacial score (nSPS) is 12.0. The molecule has 0 saturated carbocycles. The number of aliphatic imine (C=N–C) groups is 1. The molecule has 7 nitrogen and oxygen atoms in total. The van der Waals surface area contributed by atoms with Crippen molar-refractivity contribution < 1.29 is 0 Å². The predicted octanol–water partition coefficient (Wildman–Crippen LogP) is 1.57. The number of hydrogen-bond donors (Lipinski definition) is 2. The van der Waals surface area contributed by atoms with Crippen molar-refractivity contribution in [3.63, 3.8) is 0 Å². The van der Waals surface area contributed by atoms with E-state index in [9.17, 15) is 0 Å². The van der Waals surface area contributed by atoms with E-state index in [1.165, 1.54) is 0 Å². The zero-order valence-electron chi connectivity index (χ0n) is 13.7. The van der Waals surface area contributed by atoms with Crippen LogP contribution in [0.15, 0.2) is 10.4 Å². The molecule has 2 heterocycles. The lowest BCUT2D eigenvalue weighted by atomic mass is 10.2. The summed E-state index contributed by atoms with van der Waals surface area (Å²) < 4.78 is 1.95. The summed E-state index contributed by atoms with van der Waals surface area (Å²) in [4.78, 5) is 8.81. The van der Waals surface area contributed by atoms with Gasteiger partial charge >= 0.3 is 0 Å². The van der Waals surface area contributed by atoms with Crippen LogP contribution in [0.3, 0.4) is 0 Å². The summed E-state index contributed by atoms with van der Waals surface area (Å²) in [5.41, 5.74) is 1.14. The first kappa shape index (κ1) is 16.4. The van der Waals surface area contributed by atoms with Gasteiger partial charge < -0.3 is 15.2 Å². The molecular weight excluding hydrogens is 298 g/mol. The molecule has 0 saturated heterocycles. The van der Waals surface area contributed by atoms with Crippen molar-refractivity contribution in [2.45, 2.75) is 39.8 Å². The van der Waals surface area contributed by atoms with Gasteiger partial charge in [0.25, 0.3) is 0 Å². The fourth-order valence-electron chi connectivity index (χ4n) is 1.82. The molecule has 0 aliphatic heterocycles. The monoisotopic (exact) mass is 321 g/mol. The maximum atomic E-state index is 4.60. The highest BCUT2D eigenvalue weighted by molar-refractivity contribution is 7.09. The van der Waals surface area contributed by atoms with Crippen LogP contribution in [0.25, 0.3) is 0 Å². The molecule has 0 unspecified atom stereocenters. The second-order valence-electron chi connectivity index (χ2n) is 5.32. The van der Waals surface area contributed by atoms with E-state index in [-0.39, 0.29) is 0 Å². The zero-order valence-corrected chi connectivity index (χ0v) is 14.5. The molecule has 0 atom stereocenters. The van der Waals surface area contributed by atoms with Crippen molar-refractivity contribution >= 4 is 17.3 Å². The Morgan fingerprint density at radius 2 is 2.05 bits per heavy atom. The van der Waals surface area contributed by atoms with Gasteiger partial charge in [0.15, 0.2) is 11.8 Å². The highest BCUT2D eigenvalue weighted by atomic mass is 32.1. The third-order valence-electron chi connectivity index (χ3n) is 3.39. The Bertz CT molecular complexity index is 641. The third kappa shape index (κ3) is 4.03. The molecule has 0 fully saturated rings. The van der Waals surface area contributed by atoms with E-state index in [4.69, 9.17) is 0 Å². The Labute approximate surface area is 134 Å². The van der Waals surface area contributed by atoms with E-state index in [2.05, 4.69) is 50.0 Å². The van der Waals surface area contributed by atoms with Crippen molar-refractivity contribution in [3.8, 4) is 0 Å². The van der Waals surface area contributed by atoms with Gasteiger partial charge in [0.05, 0.1) is 18.8 Å². The topological polar surface area (TPSA) is 80.0 Å². The average Bonchev–Trinajstić information content (AvgIpc) is 3.09. The Balaban J connectivity index is 1.86. The molecule has 120 valence electrons. The van der Waals surface area contributed by atoms with Crippen LogP contribution in [0.4, 0.5) is 0 Å². The summed E-state index contributed by atoms with van der Waals surface area (Å²) in [7, 11) is 3.70. The molecule has 8 heteroatoms. The lowest BCUT2D eigenvalue weighted by Crippen LogP contribution is -2.36. The number of guanidine groups is 1. The van der Waals surface area contributed by atoms with E-state index in [0.717, 1.165) is 28.3 Å². The van der Waals surface area contributed by atoms with Gasteiger partial charge in [-0.3, -0.25) is 4.99 Å². The van der Waals surface area contributed by atoms with Crippen molar-refractivity contribution in [1.82, 2.24) is 30.4 Å². The minimum absolute atomic E-state index is 0.460. The Kier molecular flexibility index (Phi) is 5.48. The molecule has 0 spiro atoms. The number of thiazole rings is 1. The van der Waals surface area contributed by atoms with E-state index in [1.54, 1.807) is 18.4 Å². The molecule has 0 aliphatic carbocycles. The highest BCUT2D eigenvalue weighted by Gasteiger charge is 2.08. The summed E-state index contributed by atoms with van der Waals surface area (Å²) in [6.07, 6.45) is 0. The summed E-state index contributed by atoms with van der Waals surface area (Å²) in [5.74, 6) is 2.95.